The highest BCUT2D eigenvalue weighted by Gasteiger charge is 2.04. The molecule has 0 unspecified atom stereocenters. The van der Waals surface area contributed by atoms with Gasteiger partial charge in [-0.2, -0.15) is 0 Å². The van der Waals surface area contributed by atoms with E-state index in [2.05, 4.69) is 25.9 Å². The van der Waals surface area contributed by atoms with Crippen molar-refractivity contribution in [2.75, 3.05) is 7.11 Å². The van der Waals surface area contributed by atoms with Gasteiger partial charge in [0.15, 0.2) is 0 Å². The molecule has 0 aliphatic rings. The van der Waals surface area contributed by atoms with Crippen molar-refractivity contribution in [2.24, 2.45) is 0 Å². The van der Waals surface area contributed by atoms with E-state index in [1.165, 1.54) is 6.20 Å². The summed E-state index contributed by atoms with van der Waals surface area (Å²) in [7, 11) is 1.61. The first-order valence-electron chi connectivity index (χ1n) is 3.86. The Hall–Kier alpha value is -0.870. The molecule has 1 aromatic heterocycles. The predicted molar refractivity (Wildman–Crippen MR) is 58.8 cm³/mol. The molecular formula is C9H6BrClN2O. The number of ether oxygens (including phenoxy) is 1. The minimum atomic E-state index is 0.384. The Morgan fingerprint density at radius 3 is 2.86 bits per heavy atom. The molecule has 0 aliphatic heterocycles. The second-order valence-electron chi connectivity index (χ2n) is 2.67. The largest absolute Gasteiger partial charge is 0.495 e. The molecular weight excluding hydrogens is 267 g/mol. The molecule has 0 spiro atoms. The van der Waals surface area contributed by atoms with Crippen LogP contribution in [0.15, 0.2) is 22.8 Å². The van der Waals surface area contributed by atoms with E-state index < -0.39 is 0 Å². The Bertz CT molecular complexity index is 489. The van der Waals surface area contributed by atoms with Crippen molar-refractivity contribution in [2.45, 2.75) is 0 Å². The maximum Gasteiger partial charge on any atom is 0.148 e. The zero-order valence-corrected chi connectivity index (χ0v) is 9.63. The zero-order chi connectivity index (χ0) is 10.1. The quantitative estimate of drug-likeness (QED) is 0.801. The van der Waals surface area contributed by atoms with Gasteiger partial charge in [0.25, 0.3) is 0 Å². The van der Waals surface area contributed by atoms with Gasteiger partial charge in [-0.3, -0.25) is 4.98 Å². The SMILES string of the molecule is COc1cc2ncc(Cl)nc2cc1Br. The lowest BCUT2D eigenvalue weighted by Gasteiger charge is -2.04. The Morgan fingerprint density at radius 2 is 2.14 bits per heavy atom. The van der Waals surface area contributed by atoms with Crippen LogP contribution in [0.25, 0.3) is 11.0 Å². The van der Waals surface area contributed by atoms with E-state index in [-0.39, 0.29) is 0 Å². The highest BCUT2D eigenvalue weighted by atomic mass is 79.9. The third kappa shape index (κ3) is 1.67. The van der Waals surface area contributed by atoms with Crippen molar-refractivity contribution in [3.8, 4) is 5.75 Å². The molecule has 0 amide bonds. The molecule has 1 aromatic carbocycles. The summed E-state index contributed by atoms with van der Waals surface area (Å²) < 4.78 is 5.97. The molecule has 1 heterocycles. The normalized spacial score (nSPS) is 10.5. The number of benzene rings is 1. The first-order chi connectivity index (χ1) is 6.70. The van der Waals surface area contributed by atoms with Gasteiger partial charge < -0.3 is 4.74 Å². The number of methoxy groups -OCH3 is 1. The fourth-order valence-corrected chi connectivity index (χ4v) is 1.78. The van der Waals surface area contributed by atoms with E-state index in [0.717, 1.165) is 21.3 Å². The van der Waals surface area contributed by atoms with Crippen LogP contribution < -0.4 is 4.74 Å². The van der Waals surface area contributed by atoms with Crippen LogP contribution in [0.4, 0.5) is 0 Å². The lowest BCUT2D eigenvalue weighted by molar-refractivity contribution is 0.412. The van der Waals surface area contributed by atoms with Gasteiger partial charge in [0.2, 0.25) is 0 Å². The summed E-state index contributed by atoms with van der Waals surface area (Å²) >= 11 is 9.09. The van der Waals surface area contributed by atoms with Gasteiger partial charge in [0.05, 0.1) is 28.8 Å². The number of aromatic nitrogens is 2. The summed E-state index contributed by atoms with van der Waals surface area (Å²) in [6, 6.07) is 3.63. The summed E-state index contributed by atoms with van der Waals surface area (Å²) in [5, 5.41) is 0.384. The maximum atomic E-state index is 5.72. The zero-order valence-electron chi connectivity index (χ0n) is 7.29. The Balaban J connectivity index is 2.73. The minimum absolute atomic E-state index is 0.384. The van der Waals surface area contributed by atoms with Crippen molar-refractivity contribution in [3.05, 3.63) is 28.0 Å². The molecule has 0 bridgehead atoms. The second kappa shape index (κ2) is 3.71. The molecule has 2 aromatic rings. The highest BCUT2D eigenvalue weighted by molar-refractivity contribution is 9.10. The fourth-order valence-electron chi connectivity index (χ4n) is 1.15. The van der Waals surface area contributed by atoms with E-state index in [1.807, 2.05) is 12.1 Å². The van der Waals surface area contributed by atoms with Crippen LogP contribution in [0.1, 0.15) is 0 Å². The van der Waals surface area contributed by atoms with Crippen molar-refractivity contribution >= 4 is 38.6 Å². The molecule has 0 saturated heterocycles. The molecule has 0 fully saturated rings. The number of hydrogen-bond acceptors (Lipinski definition) is 3. The highest BCUT2D eigenvalue weighted by Crippen LogP contribution is 2.28. The average molecular weight is 274 g/mol. The molecule has 2 rings (SSSR count). The molecule has 14 heavy (non-hydrogen) atoms. The van der Waals surface area contributed by atoms with Gasteiger partial charge in [0, 0.05) is 6.07 Å². The number of nitrogens with zero attached hydrogens (tertiary/aromatic N) is 2. The number of hydrogen-bond donors (Lipinski definition) is 0. The van der Waals surface area contributed by atoms with E-state index in [0.29, 0.717) is 5.15 Å². The number of rotatable bonds is 1. The van der Waals surface area contributed by atoms with Crippen molar-refractivity contribution in [1.29, 1.82) is 0 Å². The van der Waals surface area contributed by atoms with Gasteiger partial charge in [-0.05, 0) is 22.0 Å². The van der Waals surface area contributed by atoms with Crippen LogP contribution in [0.2, 0.25) is 5.15 Å². The Labute approximate surface area is 94.2 Å². The summed E-state index contributed by atoms with van der Waals surface area (Å²) in [6.45, 7) is 0. The Morgan fingerprint density at radius 1 is 1.36 bits per heavy atom. The topological polar surface area (TPSA) is 35.0 Å². The lowest BCUT2D eigenvalue weighted by Crippen LogP contribution is -1.88. The molecule has 0 N–H and O–H groups in total. The summed E-state index contributed by atoms with van der Waals surface area (Å²) in [6.07, 6.45) is 1.51. The second-order valence-corrected chi connectivity index (χ2v) is 3.91. The number of halogens is 2. The van der Waals surface area contributed by atoms with Crippen LogP contribution >= 0.6 is 27.5 Å². The van der Waals surface area contributed by atoms with Gasteiger partial charge in [-0.25, -0.2) is 4.98 Å². The molecule has 72 valence electrons. The van der Waals surface area contributed by atoms with Gasteiger partial charge in [0.1, 0.15) is 10.9 Å². The molecule has 0 aliphatic carbocycles. The molecule has 0 atom stereocenters. The standard InChI is InChI=1S/C9H6BrClN2O/c1-14-8-3-6-7(2-5(8)10)13-9(11)4-12-6/h2-4H,1H3. The summed E-state index contributed by atoms with van der Waals surface area (Å²) in [5.41, 5.74) is 1.50. The van der Waals surface area contributed by atoms with E-state index >= 15 is 0 Å². The summed E-state index contributed by atoms with van der Waals surface area (Å²) in [5.74, 6) is 0.731. The van der Waals surface area contributed by atoms with Gasteiger partial charge >= 0.3 is 0 Å². The summed E-state index contributed by atoms with van der Waals surface area (Å²) in [4.78, 5) is 8.26. The molecule has 0 saturated carbocycles. The third-order valence-electron chi connectivity index (χ3n) is 1.79. The first-order valence-corrected chi connectivity index (χ1v) is 5.03. The average Bonchev–Trinajstić information content (AvgIpc) is 2.16. The van der Waals surface area contributed by atoms with Crippen LogP contribution in [0, 0.1) is 0 Å². The minimum Gasteiger partial charge on any atom is -0.495 e. The van der Waals surface area contributed by atoms with Crippen molar-refractivity contribution < 1.29 is 4.74 Å². The van der Waals surface area contributed by atoms with Gasteiger partial charge in [-0.15, -0.1) is 0 Å². The lowest BCUT2D eigenvalue weighted by atomic mass is 10.3. The predicted octanol–water partition coefficient (Wildman–Crippen LogP) is 3.05. The van der Waals surface area contributed by atoms with Gasteiger partial charge in [-0.1, -0.05) is 11.6 Å². The fraction of sp³-hybridized carbons (Fsp3) is 0.111. The number of fused-ring (bicyclic) bond motifs is 1. The molecule has 5 heteroatoms. The van der Waals surface area contributed by atoms with Crippen LogP contribution in [-0.2, 0) is 0 Å². The first kappa shape index (κ1) is 9.68. The smallest absolute Gasteiger partial charge is 0.148 e. The monoisotopic (exact) mass is 272 g/mol. The van der Waals surface area contributed by atoms with Crippen molar-refractivity contribution in [3.63, 3.8) is 0 Å². The van der Waals surface area contributed by atoms with E-state index in [9.17, 15) is 0 Å². The van der Waals surface area contributed by atoms with Crippen molar-refractivity contribution in [1.82, 2.24) is 9.97 Å². The van der Waals surface area contributed by atoms with E-state index in [4.69, 9.17) is 16.3 Å². The van der Waals surface area contributed by atoms with E-state index in [1.54, 1.807) is 7.11 Å². The van der Waals surface area contributed by atoms with Crippen LogP contribution in [0.5, 0.6) is 5.75 Å². The Kier molecular flexibility index (Phi) is 2.56. The third-order valence-corrected chi connectivity index (χ3v) is 2.59. The van der Waals surface area contributed by atoms with Crippen LogP contribution in [0.3, 0.4) is 0 Å². The maximum absolute atomic E-state index is 5.72. The molecule has 3 nitrogen and oxygen atoms in total. The van der Waals surface area contributed by atoms with Crippen LogP contribution in [-0.4, -0.2) is 17.1 Å². The molecule has 0 radical (unpaired) electrons.